The number of piperidine rings is 1. The number of nitrogens with one attached hydrogen (secondary N) is 1. The second kappa shape index (κ2) is 7.22. The Balaban J connectivity index is 1.40. The highest BCUT2D eigenvalue weighted by Gasteiger charge is 2.15. The van der Waals surface area contributed by atoms with Crippen molar-refractivity contribution in [2.24, 2.45) is 7.05 Å². The van der Waals surface area contributed by atoms with Gasteiger partial charge in [0.2, 0.25) is 0 Å². The maximum atomic E-state index is 9.50. The summed E-state index contributed by atoms with van der Waals surface area (Å²) in [6.07, 6.45) is 2.91. The van der Waals surface area contributed by atoms with Gasteiger partial charge in [0.1, 0.15) is 5.82 Å². The highest BCUT2D eigenvalue weighted by Crippen LogP contribution is 2.14. The Kier molecular flexibility index (Phi) is 5.08. The van der Waals surface area contributed by atoms with Gasteiger partial charge in [0.25, 0.3) is 0 Å². The van der Waals surface area contributed by atoms with Gasteiger partial charge < -0.3 is 19.9 Å². The van der Waals surface area contributed by atoms with E-state index in [4.69, 9.17) is 0 Å². The van der Waals surface area contributed by atoms with Crippen molar-refractivity contribution in [1.29, 1.82) is 0 Å². The summed E-state index contributed by atoms with van der Waals surface area (Å²) in [6, 6.07) is 8.25. The number of hydrogen-bond donors (Lipinski definition) is 2. The standard InChI is InChI=1S/C17H26N4O/c1-20-16-6-3-2-5-15(16)19-17(20)13-18-9-4-10-21-11-7-14(22)8-12-21/h2-3,5-6,14,18,22H,4,7-13H2,1H3. The lowest BCUT2D eigenvalue weighted by molar-refractivity contribution is 0.0821. The smallest absolute Gasteiger partial charge is 0.123 e. The molecule has 1 saturated heterocycles. The fourth-order valence-corrected chi connectivity index (χ4v) is 3.12. The van der Waals surface area contributed by atoms with Crippen molar-refractivity contribution in [3.63, 3.8) is 0 Å². The van der Waals surface area contributed by atoms with Gasteiger partial charge in [-0.15, -0.1) is 0 Å². The first kappa shape index (κ1) is 15.5. The molecule has 1 aliphatic heterocycles. The number of hydrogen-bond acceptors (Lipinski definition) is 4. The van der Waals surface area contributed by atoms with E-state index in [-0.39, 0.29) is 6.10 Å². The first-order chi connectivity index (χ1) is 10.7. The zero-order valence-electron chi connectivity index (χ0n) is 13.3. The van der Waals surface area contributed by atoms with Gasteiger partial charge in [0.15, 0.2) is 0 Å². The molecule has 0 amide bonds. The van der Waals surface area contributed by atoms with Crippen LogP contribution in [0, 0.1) is 0 Å². The minimum atomic E-state index is -0.0769. The van der Waals surface area contributed by atoms with E-state index in [1.807, 2.05) is 6.07 Å². The lowest BCUT2D eigenvalue weighted by atomic mass is 10.1. The number of likely N-dealkylation sites (tertiary alicyclic amines) is 1. The van der Waals surface area contributed by atoms with Crippen LogP contribution in [-0.2, 0) is 13.6 Å². The molecule has 0 bridgehead atoms. The summed E-state index contributed by atoms with van der Waals surface area (Å²) in [5.74, 6) is 1.09. The molecule has 0 radical (unpaired) electrons. The van der Waals surface area contributed by atoms with Gasteiger partial charge in [-0.2, -0.15) is 0 Å². The summed E-state index contributed by atoms with van der Waals surface area (Å²) in [5.41, 5.74) is 2.25. The maximum absolute atomic E-state index is 9.50. The predicted octanol–water partition coefficient (Wildman–Crippen LogP) is 1.51. The van der Waals surface area contributed by atoms with Crippen LogP contribution >= 0.6 is 0 Å². The number of para-hydroxylation sites is 2. The number of imidazole rings is 1. The van der Waals surface area contributed by atoms with Crippen LogP contribution in [0.2, 0.25) is 0 Å². The van der Waals surface area contributed by atoms with Crippen LogP contribution in [0.1, 0.15) is 25.1 Å². The first-order valence-electron chi connectivity index (χ1n) is 8.25. The topological polar surface area (TPSA) is 53.3 Å². The second-order valence-electron chi connectivity index (χ2n) is 6.18. The highest BCUT2D eigenvalue weighted by molar-refractivity contribution is 5.75. The molecule has 120 valence electrons. The van der Waals surface area contributed by atoms with Gasteiger partial charge in [0, 0.05) is 20.1 Å². The third-order valence-corrected chi connectivity index (χ3v) is 4.55. The molecule has 2 N–H and O–H groups in total. The zero-order valence-corrected chi connectivity index (χ0v) is 13.3. The first-order valence-corrected chi connectivity index (χ1v) is 8.25. The summed E-state index contributed by atoms with van der Waals surface area (Å²) in [4.78, 5) is 7.12. The van der Waals surface area contributed by atoms with Crippen LogP contribution in [0.4, 0.5) is 0 Å². The second-order valence-corrected chi connectivity index (χ2v) is 6.18. The van der Waals surface area contributed by atoms with Crippen LogP contribution in [-0.4, -0.2) is 51.8 Å². The molecule has 22 heavy (non-hydrogen) atoms. The van der Waals surface area contributed by atoms with Crippen molar-refractivity contribution in [3.05, 3.63) is 30.1 Å². The Bertz CT molecular complexity index is 602. The molecule has 3 rings (SSSR count). The Hall–Kier alpha value is -1.43. The molecule has 1 aliphatic rings. The molecule has 2 heterocycles. The average molecular weight is 302 g/mol. The molecule has 5 heteroatoms. The zero-order chi connectivity index (χ0) is 15.4. The van der Waals surface area contributed by atoms with Gasteiger partial charge in [0.05, 0.1) is 23.7 Å². The predicted molar refractivity (Wildman–Crippen MR) is 88.7 cm³/mol. The lowest BCUT2D eigenvalue weighted by Crippen LogP contribution is -2.37. The number of aryl methyl sites for hydroxylation is 1. The van der Waals surface area contributed by atoms with Crippen LogP contribution in [0.5, 0.6) is 0 Å². The fraction of sp³-hybridized carbons (Fsp3) is 0.588. The highest BCUT2D eigenvalue weighted by atomic mass is 16.3. The van der Waals surface area contributed by atoms with E-state index in [1.165, 1.54) is 5.52 Å². The molecule has 0 spiro atoms. The Morgan fingerprint density at radius 3 is 2.82 bits per heavy atom. The van der Waals surface area contributed by atoms with Crippen molar-refractivity contribution in [3.8, 4) is 0 Å². The van der Waals surface area contributed by atoms with E-state index in [0.717, 1.165) is 63.3 Å². The lowest BCUT2D eigenvalue weighted by Gasteiger charge is -2.29. The van der Waals surface area contributed by atoms with Crippen LogP contribution in [0.3, 0.4) is 0 Å². The quantitative estimate of drug-likeness (QED) is 0.794. The van der Waals surface area contributed by atoms with E-state index in [9.17, 15) is 5.11 Å². The van der Waals surface area contributed by atoms with Crippen LogP contribution in [0.15, 0.2) is 24.3 Å². The van der Waals surface area contributed by atoms with E-state index < -0.39 is 0 Å². The summed E-state index contributed by atoms with van der Waals surface area (Å²) in [5, 5.41) is 13.0. The molecule has 2 aromatic rings. The van der Waals surface area contributed by atoms with E-state index in [0.29, 0.717) is 0 Å². The van der Waals surface area contributed by atoms with Gasteiger partial charge in [-0.3, -0.25) is 0 Å². The molecular formula is C17H26N4O. The van der Waals surface area contributed by atoms with Gasteiger partial charge >= 0.3 is 0 Å². The molecule has 0 aliphatic carbocycles. The van der Waals surface area contributed by atoms with Crippen LogP contribution < -0.4 is 5.32 Å². The molecule has 0 unspecified atom stereocenters. The molecule has 1 aromatic carbocycles. The molecule has 0 atom stereocenters. The monoisotopic (exact) mass is 302 g/mol. The Morgan fingerprint density at radius 1 is 1.27 bits per heavy atom. The number of nitrogens with zero attached hydrogens (tertiary/aromatic N) is 3. The maximum Gasteiger partial charge on any atom is 0.123 e. The number of aromatic nitrogens is 2. The van der Waals surface area contributed by atoms with Gasteiger partial charge in [-0.25, -0.2) is 4.98 Å². The number of aliphatic hydroxyl groups is 1. The average Bonchev–Trinajstić information content (AvgIpc) is 2.86. The van der Waals surface area contributed by atoms with Crippen molar-refractivity contribution in [2.75, 3.05) is 26.2 Å². The molecule has 1 fully saturated rings. The van der Waals surface area contributed by atoms with Crippen molar-refractivity contribution < 1.29 is 5.11 Å². The Labute approximate surface area is 131 Å². The van der Waals surface area contributed by atoms with Crippen molar-refractivity contribution >= 4 is 11.0 Å². The minimum absolute atomic E-state index is 0.0769. The van der Waals surface area contributed by atoms with E-state index in [2.05, 4.69) is 45.0 Å². The van der Waals surface area contributed by atoms with Gasteiger partial charge in [-0.05, 0) is 44.5 Å². The minimum Gasteiger partial charge on any atom is -0.393 e. The van der Waals surface area contributed by atoms with Crippen molar-refractivity contribution in [2.45, 2.75) is 31.9 Å². The molecule has 1 aromatic heterocycles. The van der Waals surface area contributed by atoms with Crippen molar-refractivity contribution in [1.82, 2.24) is 19.8 Å². The number of benzene rings is 1. The van der Waals surface area contributed by atoms with E-state index >= 15 is 0 Å². The summed E-state index contributed by atoms with van der Waals surface area (Å²) < 4.78 is 2.16. The van der Waals surface area contributed by atoms with Gasteiger partial charge in [-0.1, -0.05) is 12.1 Å². The largest absolute Gasteiger partial charge is 0.393 e. The fourth-order valence-electron chi connectivity index (χ4n) is 3.12. The van der Waals surface area contributed by atoms with Crippen LogP contribution in [0.25, 0.3) is 11.0 Å². The SMILES string of the molecule is Cn1c(CNCCCN2CCC(O)CC2)nc2ccccc21. The number of rotatable bonds is 6. The number of aliphatic hydroxyl groups excluding tert-OH is 1. The third-order valence-electron chi connectivity index (χ3n) is 4.55. The molecule has 5 nitrogen and oxygen atoms in total. The third kappa shape index (κ3) is 3.66. The summed E-state index contributed by atoms with van der Waals surface area (Å²) >= 11 is 0. The summed E-state index contributed by atoms with van der Waals surface area (Å²) in [7, 11) is 2.07. The molecular weight excluding hydrogens is 276 g/mol. The summed E-state index contributed by atoms with van der Waals surface area (Å²) in [6.45, 7) is 4.99. The normalized spacial score (nSPS) is 17.4. The number of fused-ring (bicyclic) bond motifs is 1. The van der Waals surface area contributed by atoms with E-state index in [1.54, 1.807) is 0 Å². The Morgan fingerprint density at radius 2 is 2.05 bits per heavy atom. The molecule has 0 saturated carbocycles.